The van der Waals surface area contributed by atoms with Crippen LogP contribution in [0.2, 0.25) is 0 Å². The second-order valence-electron chi connectivity index (χ2n) is 7.19. The van der Waals surface area contributed by atoms with Gasteiger partial charge in [0.1, 0.15) is 17.3 Å². The van der Waals surface area contributed by atoms with Crippen LogP contribution in [-0.2, 0) is 9.59 Å². The van der Waals surface area contributed by atoms with E-state index < -0.39 is 35.6 Å². The molecule has 34 heavy (non-hydrogen) atoms. The van der Waals surface area contributed by atoms with E-state index in [-0.39, 0.29) is 22.6 Å². The van der Waals surface area contributed by atoms with E-state index >= 15 is 0 Å². The van der Waals surface area contributed by atoms with Crippen molar-refractivity contribution >= 4 is 23.1 Å². The van der Waals surface area contributed by atoms with Crippen molar-refractivity contribution in [2.24, 2.45) is 0 Å². The summed E-state index contributed by atoms with van der Waals surface area (Å²) in [6.45, 7) is 0. The Kier molecular flexibility index (Phi) is 5.97. The molecule has 0 spiro atoms. The number of ether oxygens (including phenoxy) is 2. The SMILES string of the molecule is COc1ccccc1/C(O)=C1/C(=O)C(=O)N(c2ccc(OC(F)(F)F)cc2)C1c1ccncc1. The fraction of sp³-hybridized carbons (Fsp3) is 0.125. The summed E-state index contributed by atoms with van der Waals surface area (Å²) in [5.41, 5.74) is 0.603. The number of carbonyl (C=O) groups excluding carboxylic acids is 2. The smallest absolute Gasteiger partial charge is 0.507 e. The number of anilines is 1. The third-order valence-corrected chi connectivity index (χ3v) is 5.18. The zero-order chi connectivity index (χ0) is 24.5. The van der Waals surface area contributed by atoms with Gasteiger partial charge in [0.25, 0.3) is 11.7 Å². The average Bonchev–Trinajstić information content (AvgIpc) is 3.09. The maximum absolute atomic E-state index is 13.1. The van der Waals surface area contributed by atoms with Crippen LogP contribution in [0.4, 0.5) is 18.9 Å². The number of amides is 1. The molecule has 1 aliphatic rings. The Labute approximate surface area is 191 Å². The molecular weight excluding hydrogens is 453 g/mol. The third kappa shape index (κ3) is 4.29. The molecule has 10 heteroatoms. The molecule has 3 aromatic rings. The number of halogens is 3. The van der Waals surface area contributed by atoms with E-state index in [1.807, 2.05) is 0 Å². The number of para-hydroxylation sites is 1. The molecule has 4 rings (SSSR count). The number of methoxy groups -OCH3 is 1. The molecule has 1 atom stereocenters. The first kappa shape index (κ1) is 22.8. The van der Waals surface area contributed by atoms with Gasteiger partial charge in [-0.05, 0) is 54.1 Å². The van der Waals surface area contributed by atoms with Gasteiger partial charge >= 0.3 is 6.36 Å². The lowest BCUT2D eigenvalue weighted by molar-refractivity contribution is -0.274. The van der Waals surface area contributed by atoms with Gasteiger partial charge in [0.2, 0.25) is 0 Å². The predicted molar refractivity (Wildman–Crippen MR) is 115 cm³/mol. The van der Waals surface area contributed by atoms with Gasteiger partial charge in [0.05, 0.1) is 24.3 Å². The lowest BCUT2D eigenvalue weighted by Crippen LogP contribution is -2.29. The van der Waals surface area contributed by atoms with E-state index in [0.29, 0.717) is 5.56 Å². The Hall–Kier alpha value is -4.34. The second kappa shape index (κ2) is 8.89. The van der Waals surface area contributed by atoms with E-state index in [9.17, 15) is 27.9 Å². The number of nitrogens with zero attached hydrogens (tertiary/aromatic N) is 2. The number of aliphatic hydroxyl groups excluding tert-OH is 1. The normalized spacial score (nSPS) is 17.6. The van der Waals surface area contributed by atoms with Gasteiger partial charge in [-0.2, -0.15) is 0 Å². The monoisotopic (exact) mass is 470 g/mol. The maximum atomic E-state index is 13.1. The van der Waals surface area contributed by atoms with Crippen LogP contribution in [0.25, 0.3) is 5.76 Å². The Morgan fingerprint density at radius 1 is 1.00 bits per heavy atom. The number of aliphatic hydroxyl groups is 1. The molecule has 1 unspecified atom stereocenters. The Bertz CT molecular complexity index is 1260. The van der Waals surface area contributed by atoms with E-state index in [1.165, 1.54) is 37.7 Å². The topological polar surface area (TPSA) is 89.0 Å². The van der Waals surface area contributed by atoms with Crippen LogP contribution in [0.15, 0.2) is 78.6 Å². The largest absolute Gasteiger partial charge is 0.573 e. The van der Waals surface area contributed by atoms with Crippen molar-refractivity contribution in [1.82, 2.24) is 4.98 Å². The molecule has 174 valence electrons. The minimum absolute atomic E-state index is 0.137. The molecule has 2 heterocycles. The standard InChI is InChI=1S/C24H17F3N2O5/c1-33-18-5-3-2-4-17(18)21(30)19-20(14-10-12-28-13-11-14)29(23(32)22(19)31)15-6-8-16(9-7-15)34-24(25,26)27/h2-13,20,30H,1H3/b21-19-. The van der Waals surface area contributed by atoms with Crippen LogP contribution < -0.4 is 14.4 Å². The molecule has 2 aromatic carbocycles. The number of hydrogen-bond donors (Lipinski definition) is 1. The van der Waals surface area contributed by atoms with Crippen molar-refractivity contribution in [2.45, 2.75) is 12.4 Å². The number of Topliss-reactive ketones (excluding diaryl/α,β-unsaturated/α-hetero) is 1. The summed E-state index contributed by atoms with van der Waals surface area (Å²) in [7, 11) is 1.40. The summed E-state index contributed by atoms with van der Waals surface area (Å²) in [5.74, 6) is -2.56. The summed E-state index contributed by atoms with van der Waals surface area (Å²) in [4.78, 5) is 31.2. The average molecular weight is 470 g/mol. The molecular formula is C24H17F3N2O5. The van der Waals surface area contributed by atoms with E-state index in [2.05, 4.69) is 9.72 Å². The van der Waals surface area contributed by atoms with E-state index in [1.54, 1.807) is 30.3 Å². The lowest BCUT2D eigenvalue weighted by Gasteiger charge is -2.25. The highest BCUT2D eigenvalue weighted by molar-refractivity contribution is 6.51. The zero-order valence-corrected chi connectivity index (χ0v) is 17.6. The third-order valence-electron chi connectivity index (χ3n) is 5.18. The molecule has 0 radical (unpaired) electrons. The van der Waals surface area contributed by atoms with Gasteiger partial charge in [-0.3, -0.25) is 19.5 Å². The van der Waals surface area contributed by atoms with Crippen LogP contribution in [-0.4, -0.2) is 35.3 Å². The first-order valence-electron chi connectivity index (χ1n) is 9.91. The van der Waals surface area contributed by atoms with Gasteiger partial charge in [-0.15, -0.1) is 13.2 Å². The van der Waals surface area contributed by atoms with Crippen molar-refractivity contribution < 1.29 is 37.3 Å². The molecule has 7 nitrogen and oxygen atoms in total. The summed E-state index contributed by atoms with van der Waals surface area (Å²) >= 11 is 0. The van der Waals surface area contributed by atoms with Gasteiger partial charge < -0.3 is 14.6 Å². The lowest BCUT2D eigenvalue weighted by atomic mass is 9.95. The summed E-state index contributed by atoms with van der Waals surface area (Å²) in [6, 6.07) is 13.0. The number of pyridine rings is 1. The van der Waals surface area contributed by atoms with Crippen molar-refractivity contribution in [3.05, 3.63) is 89.8 Å². The first-order chi connectivity index (χ1) is 16.2. The molecule has 1 N–H and O–H groups in total. The van der Waals surface area contributed by atoms with Gasteiger partial charge in [-0.25, -0.2) is 0 Å². The molecule has 1 fully saturated rings. The number of rotatable bonds is 5. The Balaban J connectivity index is 1.86. The molecule has 1 aliphatic heterocycles. The number of benzene rings is 2. The summed E-state index contributed by atoms with van der Waals surface area (Å²) in [6.07, 6.45) is -1.96. The Morgan fingerprint density at radius 3 is 2.26 bits per heavy atom. The van der Waals surface area contributed by atoms with Crippen LogP contribution in [0.1, 0.15) is 17.2 Å². The fourth-order valence-corrected chi connectivity index (χ4v) is 3.75. The number of aromatic nitrogens is 1. The molecule has 1 saturated heterocycles. The van der Waals surface area contributed by atoms with Crippen LogP contribution in [0.3, 0.4) is 0 Å². The van der Waals surface area contributed by atoms with Gasteiger partial charge in [-0.1, -0.05) is 12.1 Å². The first-order valence-corrected chi connectivity index (χ1v) is 9.91. The highest BCUT2D eigenvalue weighted by atomic mass is 19.4. The summed E-state index contributed by atoms with van der Waals surface area (Å²) < 4.78 is 46.7. The van der Waals surface area contributed by atoms with Crippen molar-refractivity contribution in [2.75, 3.05) is 12.0 Å². The van der Waals surface area contributed by atoms with Crippen LogP contribution in [0, 0.1) is 0 Å². The Morgan fingerprint density at radius 2 is 1.65 bits per heavy atom. The number of ketones is 1. The van der Waals surface area contributed by atoms with E-state index in [0.717, 1.165) is 17.0 Å². The zero-order valence-electron chi connectivity index (χ0n) is 17.6. The minimum atomic E-state index is -4.88. The molecule has 0 bridgehead atoms. The quantitative estimate of drug-likeness (QED) is 0.333. The molecule has 1 amide bonds. The minimum Gasteiger partial charge on any atom is -0.507 e. The highest BCUT2D eigenvalue weighted by Gasteiger charge is 2.47. The molecule has 1 aromatic heterocycles. The molecule has 0 saturated carbocycles. The van der Waals surface area contributed by atoms with Gasteiger partial charge in [0.15, 0.2) is 0 Å². The van der Waals surface area contributed by atoms with Crippen molar-refractivity contribution in [3.8, 4) is 11.5 Å². The highest BCUT2D eigenvalue weighted by Crippen LogP contribution is 2.43. The van der Waals surface area contributed by atoms with Crippen molar-refractivity contribution in [1.29, 1.82) is 0 Å². The fourth-order valence-electron chi connectivity index (χ4n) is 3.75. The van der Waals surface area contributed by atoms with E-state index in [4.69, 9.17) is 4.74 Å². The van der Waals surface area contributed by atoms with Crippen molar-refractivity contribution in [3.63, 3.8) is 0 Å². The summed E-state index contributed by atoms with van der Waals surface area (Å²) in [5, 5.41) is 11.1. The predicted octanol–water partition coefficient (Wildman–Crippen LogP) is 4.62. The number of hydrogen-bond acceptors (Lipinski definition) is 6. The second-order valence-corrected chi connectivity index (χ2v) is 7.19. The number of alkyl halides is 3. The van der Waals surface area contributed by atoms with Crippen LogP contribution in [0.5, 0.6) is 11.5 Å². The maximum Gasteiger partial charge on any atom is 0.573 e. The number of carbonyl (C=O) groups is 2. The van der Waals surface area contributed by atoms with Gasteiger partial charge in [0, 0.05) is 18.1 Å². The van der Waals surface area contributed by atoms with Crippen LogP contribution >= 0.6 is 0 Å². The molecule has 0 aliphatic carbocycles.